The lowest BCUT2D eigenvalue weighted by Gasteiger charge is -2.21. The van der Waals surface area contributed by atoms with Crippen molar-refractivity contribution in [3.8, 4) is 0 Å². The standard InChI is InChI=1S/C14H22N2/c1-9(2)6-13(16-15)14-11(4)7-10(3)8-12(14)5/h7-8,13,16H,1,6,15H2,2-5H3. The number of nitrogens with one attached hydrogen (secondary N) is 1. The van der Waals surface area contributed by atoms with E-state index in [1.165, 1.54) is 22.3 Å². The fourth-order valence-corrected chi connectivity index (χ4v) is 2.33. The summed E-state index contributed by atoms with van der Waals surface area (Å²) in [6.45, 7) is 12.4. The monoisotopic (exact) mass is 218 g/mol. The van der Waals surface area contributed by atoms with Crippen LogP contribution in [0.25, 0.3) is 0 Å². The maximum atomic E-state index is 5.64. The van der Waals surface area contributed by atoms with Gasteiger partial charge < -0.3 is 0 Å². The molecule has 2 heteroatoms. The van der Waals surface area contributed by atoms with Gasteiger partial charge in [0.05, 0.1) is 6.04 Å². The fourth-order valence-electron chi connectivity index (χ4n) is 2.33. The van der Waals surface area contributed by atoms with Crippen molar-refractivity contribution < 1.29 is 0 Å². The second-order valence-electron chi connectivity index (χ2n) is 4.69. The Bertz CT molecular complexity index is 371. The molecule has 1 rings (SSSR count). The summed E-state index contributed by atoms with van der Waals surface area (Å²) in [5, 5.41) is 0. The topological polar surface area (TPSA) is 38.0 Å². The molecule has 3 N–H and O–H groups in total. The molecule has 88 valence electrons. The zero-order valence-electron chi connectivity index (χ0n) is 10.7. The molecule has 0 aliphatic rings. The molecule has 0 bridgehead atoms. The second kappa shape index (κ2) is 5.28. The van der Waals surface area contributed by atoms with Gasteiger partial charge in [-0.1, -0.05) is 23.3 Å². The first-order valence-corrected chi connectivity index (χ1v) is 5.64. The summed E-state index contributed by atoms with van der Waals surface area (Å²) in [6.07, 6.45) is 0.876. The van der Waals surface area contributed by atoms with E-state index in [9.17, 15) is 0 Å². The molecule has 2 nitrogen and oxygen atoms in total. The van der Waals surface area contributed by atoms with Gasteiger partial charge >= 0.3 is 0 Å². The van der Waals surface area contributed by atoms with Gasteiger partial charge in [-0.15, -0.1) is 6.58 Å². The molecule has 0 aliphatic heterocycles. The van der Waals surface area contributed by atoms with Crippen molar-refractivity contribution in [1.82, 2.24) is 5.43 Å². The Morgan fingerprint density at radius 1 is 1.31 bits per heavy atom. The minimum absolute atomic E-state index is 0.165. The second-order valence-corrected chi connectivity index (χ2v) is 4.69. The molecule has 0 radical (unpaired) electrons. The van der Waals surface area contributed by atoms with Crippen LogP contribution in [0.4, 0.5) is 0 Å². The Balaban J connectivity index is 3.14. The first-order valence-electron chi connectivity index (χ1n) is 5.64. The molecular weight excluding hydrogens is 196 g/mol. The number of rotatable bonds is 4. The molecule has 1 unspecified atom stereocenters. The average Bonchev–Trinajstić information content (AvgIpc) is 2.13. The highest BCUT2D eigenvalue weighted by Crippen LogP contribution is 2.27. The van der Waals surface area contributed by atoms with E-state index < -0.39 is 0 Å². The van der Waals surface area contributed by atoms with Crippen LogP contribution in [-0.4, -0.2) is 0 Å². The van der Waals surface area contributed by atoms with Gasteiger partial charge in [-0.25, -0.2) is 0 Å². The van der Waals surface area contributed by atoms with Crippen LogP contribution < -0.4 is 11.3 Å². The number of hydrogen-bond acceptors (Lipinski definition) is 2. The minimum atomic E-state index is 0.165. The van der Waals surface area contributed by atoms with Crippen LogP contribution in [-0.2, 0) is 0 Å². The van der Waals surface area contributed by atoms with Crippen LogP contribution in [0.1, 0.15) is 41.6 Å². The average molecular weight is 218 g/mol. The highest BCUT2D eigenvalue weighted by Gasteiger charge is 2.15. The summed E-state index contributed by atoms with van der Waals surface area (Å²) >= 11 is 0. The van der Waals surface area contributed by atoms with Gasteiger partial charge in [0.25, 0.3) is 0 Å². The van der Waals surface area contributed by atoms with Crippen molar-refractivity contribution in [2.45, 2.75) is 40.2 Å². The third-order valence-electron chi connectivity index (χ3n) is 2.84. The predicted octanol–water partition coefficient (Wildman–Crippen LogP) is 3.08. The van der Waals surface area contributed by atoms with Crippen LogP contribution in [0.2, 0.25) is 0 Å². The summed E-state index contributed by atoms with van der Waals surface area (Å²) in [4.78, 5) is 0. The molecule has 0 fully saturated rings. The van der Waals surface area contributed by atoms with Crippen LogP contribution >= 0.6 is 0 Å². The molecule has 0 aromatic heterocycles. The molecule has 0 saturated carbocycles. The molecule has 16 heavy (non-hydrogen) atoms. The van der Waals surface area contributed by atoms with E-state index in [1.807, 2.05) is 6.92 Å². The zero-order chi connectivity index (χ0) is 12.3. The number of hydrogen-bond donors (Lipinski definition) is 2. The Morgan fingerprint density at radius 3 is 2.19 bits per heavy atom. The van der Waals surface area contributed by atoms with Crippen molar-refractivity contribution in [3.05, 3.63) is 46.5 Å². The Kier molecular flexibility index (Phi) is 4.27. The first-order chi connectivity index (χ1) is 7.45. The Morgan fingerprint density at radius 2 is 1.81 bits per heavy atom. The van der Waals surface area contributed by atoms with Gasteiger partial charge in [-0.05, 0) is 50.8 Å². The van der Waals surface area contributed by atoms with Crippen LogP contribution in [0.5, 0.6) is 0 Å². The van der Waals surface area contributed by atoms with Crippen LogP contribution in [0, 0.1) is 20.8 Å². The van der Waals surface area contributed by atoms with E-state index in [2.05, 4.69) is 44.9 Å². The summed E-state index contributed by atoms with van der Waals surface area (Å²) in [7, 11) is 0. The van der Waals surface area contributed by atoms with Crippen molar-refractivity contribution in [3.63, 3.8) is 0 Å². The van der Waals surface area contributed by atoms with Crippen molar-refractivity contribution in [2.75, 3.05) is 0 Å². The van der Waals surface area contributed by atoms with E-state index in [0.29, 0.717) is 0 Å². The number of aryl methyl sites for hydroxylation is 3. The smallest absolute Gasteiger partial charge is 0.0502 e. The number of nitrogens with two attached hydrogens (primary N) is 1. The van der Waals surface area contributed by atoms with Gasteiger partial charge in [0.2, 0.25) is 0 Å². The molecule has 0 aliphatic carbocycles. The van der Waals surface area contributed by atoms with Crippen molar-refractivity contribution >= 4 is 0 Å². The summed E-state index contributed by atoms with van der Waals surface area (Å²) in [5.74, 6) is 5.64. The van der Waals surface area contributed by atoms with Crippen molar-refractivity contribution in [2.24, 2.45) is 5.84 Å². The third kappa shape index (κ3) is 2.94. The highest BCUT2D eigenvalue weighted by atomic mass is 15.2. The lowest BCUT2D eigenvalue weighted by atomic mass is 9.91. The summed E-state index contributed by atoms with van der Waals surface area (Å²) in [6, 6.07) is 4.56. The zero-order valence-corrected chi connectivity index (χ0v) is 10.7. The molecule has 0 heterocycles. The maximum absolute atomic E-state index is 5.64. The largest absolute Gasteiger partial charge is 0.271 e. The number of hydrazine groups is 1. The first kappa shape index (κ1) is 12.9. The van der Waals surface area contributed by atoms with Gasteiger partial charge in [-0.2, -0.15) is 0 Å². The third-order valence-corrected chi connectivity index (χ3v) is 2.84. The van der Waals surface area contributed by atoms with Gasteiger partial charge in [0, 0.05) is 0 Å². The highest BCUT2D eigenvalue weighted by molar-refractivity contribution is 5.40. The SMILES string of the molecule is C=C(C)CC(NN)c1c(C)cc(C)cc1C. The van der Waals surface area contributed by atoms with E-state index in [1.54, 1.807) is 0 Å². The Hall–Kier alpha value is -1.12. The van der Waals surface area contributed by atoms with Gasteiger partial charge in [-0.3, -0.25) is 11.3 Å². The van der Waals surface area contributed by atoms with E-state index in [-0.39, 0.29) is 6.04 Å². The van der Waals surface area contributed by atoms with Crippen molar-refractivity contribution in [1.29, 1.82) is 0 Å². The molecule has 0 amide bonds. The van der Waals surface area contributed by atoms with Crippen LogP contribution in [0.3, 0.4) is 0 Å². The van der Waals surface area contributed by atoms with E-state index in [4.69, 9.17) is 5.84 Å². The minimum Gasteiger partial charge on any atom is -0.271 e. The van der Waals surface area contributed by atoms with Gasteiger partial charge in [0.15, 0.2) is 0 Å². The Labute approximate surface area is 98.5 Å². The lowest BCUT2D eigenvalue weighted by Crippen LogP contribution is -2.29. The molecule has 0 saturated heterocycles. The molecule has 1 aromatic rings. The number of benzene rings is 1. The summed E-state index contributed by atoms with van der Waals surface area (Å²) < 4.78 is 0. The summed E-state index contributed by atoms with van der Waals surface area (Å²) in [5.41, 5.74) is 9.22. The normalized spacial score (nSPS) is 12.6. The van der Waals surface area contributed by atoms with E-state index >= 15 is 0 Å². The van der Waals surface area contributed by atoms with E-state index in [0.717, 1.165) is 12.0 Å². The van der Waals surface area contributed by atoms with Crippen LogP contribution in [0.15, 0.2) is 24.3 Å². The molecule has 0 spiro atoms. The fraction of sp³-hybridized carbons (Fsp3) is 0.429. The molecule has 1 atom stereocenters. The molecular formula is C14H22N2. The van der Waals surface area contributed by atoms with Gasteiger partial charge in [0.1, 0.15) is 0 Å². The quantitative estimate of drug-likeness (QED) is 0.463. The maximum Gasteiger partial charge on any atom is 0.0502 e. The molecule has 1 aromatic carbocycles. The predicted molar refractivity (Wildman–Crippen MR) is 70.1 cm³/mol. The lowest BCUT2D eigenvalue weighted by molar-refractivity contribution is 0.545.